The average molecular weight is 355 g/mol. The van der Waals surface area contributed by atoms with Gasteiger partial charge in [-0.2, -0.15) is 0 Å². The number of nitrogens with zero attached hydrogens (tertiary/aromatic N) is 1. The molecule has 4 nitrogen and oxygen atoms in total. The standard InChI is InChI=1S/C15H16BrFN2O2/c1-18-5-6-20-13-8-14(17)15(19-9-13)10-21-12-4-2-3-11(16)7-12/h2-4,7-9,18H,5-6,10H2,1H3. The van der Waals surface area contributed by atoms with E-state index in [4.69, 9.17) is 9.47 Å². The van der Waals surface area contributed by atoms with Gasteiger partial charge in [0.2, 0.25) is 0 Å². The summed E-state index contributed by atoms with van der Waals surface area (Å²) in [4.78, 5) is 4.04. The maximum Gasteiger partial charge on any atom is 0.151 e. The molecule has 0 saturated heterocycles. The van der Waals surface area contributed by atoms with Gasteiger partial charge in [-0.1, -0.05) is 22.0 Å². The second-order valence-electron chi connectivity index (χ2n) is 4.30. The summed E-state index contributed by atoms with van der Waals surface area (Å²) in [5.41, 5.74) is 0.246. The Balaban J connectivity index is 1.94. The van der Waals surface area contributed by atoms with E-state index in [2.05, 4.69) is 26.2 Å². The Kier molecular flexibility index (Phi) is 5.95. The summed E-state index contributed by atoms with van der Waals surface area (Å²) in [6.07, 6.45) is 1.50. The Labute approximate surface area is 131 Å². The number of pyridine rings is 1. The number of aromatic nitrogens is 1. The van der Waals surface area contributed by atoms with Crippen LogP contribution in [0, 0.1) is 5.82 Å². The van der Waals surface area contributed by atoms with Crippen molar-refractivity contribution in [2.45, 2.75) is 6.61 Å². The van der Waals surface area contributed by atoms with E-state index in [1.807, 2.05) is 25.2 Å². The van der Waals surface area contributed by atoms with E-state index >= 15 is 0 Å². The van der Waals surface area contributed by atoms with Gasteiger partial charge in [-0.25, -0.2) is 4.39 Å². The second kappa shape index (κ2) is 7.95. The Morgan fingerprint density at radius 3 is 2.81 bits per heavy atom. The van der Waals surface area contributed by atoms with E-state index < -0.39 is 5.82 Å². The molecule has 6 heteroatoms. The summed E-state index contributed by atoms with van der Waals surface area (Å²) in [6, 6.07) is 8.68. The molecular weight excluding hydrogens is 339 g/mol. The van der Waals surface area contributed by atoms with Crippen LogP contribution in [0.15, 0.2) is 41.0 Å². The van der Waals surface area contributed by atoms with Crippen molar-refractivity contribution < 1.29 is 13.9 Å². The fourth-order valence-electron chi connectivity index (χ4n) is 1.61. The van der Waals surface area contributed by atoms with Crippen molar-refractivity contribution in [3.63, 3.8) is 0 Å². The zero-order valence-corrected chi connectivity index (χ0v) is 13.2. The predicted molar refractivity (Wildman–Crippen MR) is 82.1 cm³/mol. The molecule has 2 aromatic rings. The van der Waals surface area contributed by atoms with E-state index in [0.29, 0.717) is 24.7 Å². The van der Waals surface area contributed by atoms with Crippen LogP contribution in [0.2, 0.25) is 0 Å². The van der Waals surface area contributed by atoms with Crippen molar-refractivity contribution in [3.8, 4) is 11.5 Å². The zero-order valence-electron chi connectivity index (χ0n) is 11.6. The molecule has 0 unspecified atom stereocenters. The summed E-state index contributed by atoms with van der Waals surface area (Å²) >= 11 is 3.35. The van der Waals surface area contributed by atoms with E-state index in [1.165, 1.54) is 12.3 Å². The molecule has 0 aliphatic heterocycles. The molecule has 0 aliphatic rings. The Morgan fingerprint density at radius 2 is 2.10 bits per heavy atom. The second-order valence-corrected chi connectivity index (χ2v) is 5.21. The van der Waals surface area contributed by atoms with Gasteiger partial charge in [0, 0.05) is 17.1 Å². The van der Waals surface area contributed by atoms with Crippen LogP contribution in [0.4, 0.5) is 4.39 Å². The lowest BCUT2D eigenvalue weighted by Gasteiger charge is -2.09. The number of likely N-dealkylation sites (N-methyl/N-ethyl adjacent to an activating group) is 1. The van der Waals surface area contributed by atoms with Gasteiger partial charge in [0.1, 0.15) is 30.4 Å². The molecule has 1 aromatic heterocycles. The normalized spacial score (nSPS) is 10.4. The molecule has 0 atom stereocenters. The third kappa shape index (κ3) is 4.99. The first-order valence-corrected chi connectivity index (χ1v) is 7.28. The molecule has 0 fully saturated rings. The molecule has 2 rings (SSSR count). The zero-order chi connectivity index (χ0) is 15.1. The highest BCUT2D eigenvalue weighted by Crippen LogP contribution is 2.20. The van der Waals surface area contributed by atoms with E-state index in [9.17, 15) is 4.39 Å². The van der Waals surface area contributed by atoms with E-state index in [1.54, 1.807) is 6.07 Å². The monoisotopic (exact) mass is 354 g/mol. The quantitative estimate of drug-likeness (QED) is 0.775. The lowest BCUT2D eigenvalue weighted by Crippen LogP contribution is -2.16. The molecule has 0 spiro atoms. The van der Waals surface area contributed by atoms with Crippen LogP contribution in [0.1, 0.15) is 5.69 Å². The minimum Gasteiger partial charge on any atom is -0.491 e. The van der Waals surface area contributed by atoms with Crippen molar-refractivity contribution in [3.05, 3.63) is 52.5 Å². The fraction of sp³-hybridized carbons (Fsp3) is 0.267. The smallest absolute Gasteiger partial charge is 0.151 e. The third-order valence-electron chi connectivity index (χ3n) is 2.68. The first-order valence-electron chi connectivity index (χ1n) is 6.49. The van der Waals surface area contributed by atoms with Crippen LogP contribution in [0.3, 0.4) is 0 Å². The van der Waals surface area contributed by atoms with Crippen LogP contribution < -0.4 is 14.8 Å². The lowest BCUT2D eigenvalue weighted by atomic mass is 10.3. The van der Waals surface area contributed by atoms with Gasteiger partial charge in [-0.05, 0) is 25.2 Å². The molecule has 0 radical (unpaired) electrons. The third-order valence-corrected chi connectivity index (χ3v) is 3.18. The Morgan fingerprint density at radius 1 is 1.24 bits per heavy atom. The SMILES string of the molecule is CNCCOc1cnc(COc2cccc(Br)c2)c(F)c1. The summed E-state index contributed by atoms with van der Waals surface area (Å²) in [5, 5.41) is 2.94. The van der Waals surface area contributed by atoms with Crippen LogP contribution in [0.25, 0.3) is 0 Å². The fourth-order valence-corrected chi connectivity index (χ4v) is 1.99. The van der Waals surface area contributed by atoms with E-state index in [0.717, 1.165) is 4.47 Å². The van der Waals surface area contributed by atoms with Gasteiger partial charge in [-0.3, -0.25) is 4.98 Å². The molecule has 1 aromatic carbocycles. The van der Waals surface area contributed by atoms with Crippen molar-refractivity contribution in [1.29, 1.82) is 0 Å². The molecule has 0 saturated carbocycles. The van der Waals surface area contributed by atoms with Crippen LogP contribution in [-0.4, -0.2) is 25.2 Å². The number of rotatable bonds is 7. The van der Waals surface area contributed by atoms with Gasteiger partial charge in [-0.15, -0.1) is 0 Å². The predicted octanol–water partition coefficient (Wildman–Crippen LogP) is 3.16. The number of nitrogens with one attached hydrogen (secondary N) is 1. The minimum absolute atomic E-state index is 0.0685. The van der Waals surface area contributed by atoms with Gasteiger partial charge in [0.15, 0.2) is 5.82 Å². The van der Waals surface area contributed by atoms with Gasteiger partial charge >= 0.3 is 0 Å². The maximum absolute atomic E-state index is 13.9. The number of hydrogen-bond donors (Lipinski definition) is 1. The first kappa shape index (κ1) is 15.7. The maximum atomic E-state index is 13.9. The Bertz CT molecular complexity index is 596. The summed E-state index contributed by atoms with van der Waals surface area (Å²) in [5.74, 6) is 0.626. The molecule has 112 valence electrons. The first-order chi connectivity index (χ1) is 10.2. The van der Waals surface area contributed by atoms with Crippen molar-refractivity contribution in [1.82, 2.24) is 10.3 Å². The highest BCUT2D eigenvalue weighted by molar-refractivity contribution is 9.10. The summed E-state index contributed by atoms with van der Waals surface area (Å²) in [7, 11) is 1.82. The Hall–Kier alpha value is -1.66. The lowest BCUT2D eigenvalue weighted by molar-refractivity contribution is 0.289. The van der Waals surface area contributed by atoms with Gasteiger partial charge in [0.05, 0.1) is 6.20 Å². The van der Waals surface area contributed by atoms with Crippen molar-refractivity contribution >= 4 is 15.9 Å². The summed E-state index contributed by atoms with van der Waals surface area (Å²) < 4.78 is 25.7. The molecular formula is C15H16BrFN2O2. The molecule has 1 N–H and O–H groups in total. The van der Waals surface area contributed by atoms with Crippen LogP contribution in [-0.2, 0) is 6.61 Å². The number of hydrogen-bond acceptors (Lipinski definition) is 4. The minimum atomic E-state index is -0.438. The number of benzene rings is 1. The molecule has 1 heterocycles. The van der Waals surface area contributed by atoms with Crippen molar-refractivity contribution in [2.24, 2.45) is 0 Å². The highest BCUT2D eigenvalue weighted by Gasteiger charge is 2.07. The largest absolute Gasteiger partial charge is 0.491 e. The topological polar surface area (TPSA) is 43.4 Å². The molecule has 0 amide bonds. The summed E-state index contributed by atoms with van der Waals surface area (Å²) in [6.45, 7) is 1.22. The highest BCUT2D eigenvalue weighted by atomic mass is 79.9. The van der Waals surface area contributed by atoms with E-state index in [-0.39, 0.29) is 12.3 Å². The molecule has 21 heavy (non-hydrogen) atoms. The van der Waals surface area contributed by atoms with Crippen LogP contribution >= 0.6 is 15.9 Å². The van der Waals surface area contributed by atoms with Gasteiger partial charge < -0.3 is 14.8 Å². The molecule has 0 aliphatic carbocycles. The number of halogens is 2. The van der Waals surface area contributed by atoms with Crippen molar-refractivity contribution in [2.75, 3.05) is 20.2 Å². The number of ether oxygens (including phenoxy) is 2. The average Bonchev–Trinajstić information content (AvgIpc) is 2.47. The molecule has 0 bridgehead atoms. The van der Waals surface area contributed by atoms with Crippen LogP contribution in [0.5, 0.6) is 11.5 Å². The van der Waals surface area contributed by atoms with Gasteiger partial charge in [0.25, 0.3) is 0 Å².